The van der Waals surface area contributed by atoms with E-state index in [-0.39, 0.29) is 19.0 Å². The fourth-order valence-corrected chi connectivity index (χ4v) is 4.35. The van der Waals surface area contributed by atoms with E-state index < -0.39 is 12.0 Å². The average Bonchev–Trinajstić information content (AvgIpc) is 3.21. The number of nitrogens with zero attached hydrogens (tertiary/aromatic N) is 3. The molecule has 1 aromatic carbocycles. The zero-order chi connectivity index (χ0) is 20.3. The maximum Gasteiger partial charge on any atom is 0.338 e. The number of nitrogens with two attached hydrogens (primary N) is 1. The lowest BCUT2D eigenvalue weighted by molar-refractivity contribution is -0.139. The van der Waals surface area contributed by atoms with Crippen LogP contribution >= 0.6 is 27.3 Å². The van der Waals surface area contributed by atoms with Gasteiger partial charge in [0.15, 0.2) is 10.8 Å². The summed E-state index contributed by atoms with van der Waals surface area (Å²) in [6.07, 6.45) is 1.70. The van der Waals surface area contributed by atoms with Crippen LogP contribution in [0.25, 0.3) is 0 Å². The summed E-state index contributed by atoms with van der Waals surface area (Å²) < 4.78 is 19.5. The monoisotopic (exact) mass is 466 g/mol. The van der Waals surface area contributed by atoms with Gasteiger partial charge in [0.05, 0.1) is 12.2 Å². The number of amidine groups is 1. The molecule has 3 rings (SSSR count). The highest BCUT2D eigenvalue weighted by Crippen LogP contribution is 2.39. The smallest absolute Gasteiger partial charge is 0.338 e. The Labute approximate surface area is 175 Å². The molecule has 0 saturated carbocycles. The fraction of sp³-hybridized carbons (Fsp3) is 0.316. The Kier molecular flexibility index (Phi) is 6.58. The lowest BCUT2D eigenvalue weighted by Crippen LogP contribution is -2.40. The second kappa shape index (κ2) is 8.93. The number of aromatic nitrogens is 1. The van der Waals surface area contributed by atoms with E-state index in [4.69, 9.17) is 15.5 Å². The van der Waals surface area contributed by atoms with Crippen LogP contribution in [-0.4, -0.2) is 41.4 Å². The quantitative estimate of drug-likeness (QED) is 0.657. The van der Waals surface area contributed by atoms with Gasteiger partial charge in [0.25, 0.3) is 0 Å². The minimum atomic E-state index is -0.686. The molecule has 0 unspecified atom stereocenters. The predicted octanol–water partition coefficient (Wildman–Crippen LogP) is 3.64. The van der Waals surface area contributed by atoms with Crippen molar-refractivity contribution in [3.63, 3.8) is 0 Å². The number of likely N-dealkylation sites (N-methyl/N-ethyl adjacent to an activating group) is 1. The molecule has 2 heterocycles. The number of benzene rings is 1. The van der Waals surface area contributed by atoms with Gasteiger partial charge in [0, 0.05) is 34.8 Å². The molecule has 0 radical (unpaired) electrons. The highest BCUT2D eigenvalue weighted by molar-refractivity contribution is 9.10. The summed E-state index contributed by atoms with van der Waals surface area (Å²) in [5.41, 5.74) is 7.70. The molecular formula is C19H20BrFN4O2S. The van der Waals surface area contributed by atoms with Crippen LogP contribution in [-0.2, 0) is 9.53 Å². The molecule has 28 heavy (non-hydrogen) atoms. The minimum Gasteiger partial charge on any atom is -0.463 e. The van der Waals surface area contributed by atoms with Crippen molar-refractivity contribution in [2.45, 2.75) is 19.9 Å². The van der Waals surface area contributed by atoms with Crippen LogP contribution in [0, 0.1) is 5.82 Å². The third-order valence-corrected chi connectivity index (χ3v) is 5.76. The third-order valence-electron chi connectivity index (χ3n) is 4.30. The van der Waals surface area contributed by atoms with Crippen molar-refractivity contribution in [2.24, 2.45) is 10.7 Å². The zero-order valence-corrected chi connectivity index (χ0v) is 17.9. The van der Waals surface area contributed by atoms with Crippen molar-refractivity contribution in [2.75, 3.05) is 19.7 Å². The van der Waals surface area contributed by atoms with Gasteiger partial charge in [0.1, 0.15) is 11.9 Å². The van der Waals surface area contributed by atoms with E-state index in [1.807, 2.05) is 17.2 Å². The van der Waals surface area contributed by atoms with Gasteiger partial charge < -0.3 is 15.4 Å². The number of hydrogen-bond acceptors (Lipinski definition) is 7. The normalized spacial score (nSPS) is 17.0. The minimum absolute atomic E-state index is 0.127. The van der Waals surface area contributed by atoms with Crippen LogP contribution in [0.4, 0.5) is 4.39 Å². The maximum absolute atomic E-state index is 13.6. The van der Waals surface area contributed by atoms with Crippen LogP contribution in [0.1, 0.15) is 30.5 Å². The number of thiazole rings is 1. The van der Waals surface area contributed by atoms with E-state index in [1.165, 1.54) is 23.5 Å². The Morgan fingerprint density at radius 3 is 2.79 bits per heavy atom. The van der Waals surface area contributed by atoms with Crippen molar-refractivity contribution in [3.8, 4) is 0 Å². The van der Waals surface area contributed by atoms with Crippen molar-refractivity contribution in [3.05, 3.63) is 61.9 Å². The van der Waals surface area contributed by atoms with Crippen LogP contribution in [0.2, 0.25) is 0 Å². The number of carbonyl (C=O) groups is 1. The van der Waals surface area contributed by atoms with Gasteiger partial charge >= 0.3 is 5.97 Å². The first-order chi connectivity index (χ1) is 13.5. The Balaban J connectivity index is 2.24. The van der Waals surface area contributed by atoms with Gasteiger partial charge in [-0.1, -0.05) is 22.0 Å². The van der Waals surface area contributed by atoms with Crippen LogP contribution in [0.3, 0.4) is 0 Å². The first-order valence-corrected chi connectivity index (χ1v) is 10.5. The van der Waals surface area contributed by atoms with Crippen molar-refractivity contribution in [1.29, 1.82) is 0 Å². The summed E-state index contributed by atoms with van der Waals surface area (Å²) in [5.74, 6) is -0.233. The van der Waals surface area contributed by atoms with Crippen LogP contribution in [0.5, 0.6) is 0 Å². The number of esters is 1. The van der Waals surface area contributed by atoms with Gasteiger partial charge in [-0.25, -0.2) is 14.2 Å². The topological polar surface area (TPSA) is 80.8 Å². The number of ether oxygens (including phenoxy) is 1. The van der Waals surface area contributed by atoms with Crippen LogP contribution in [0.15, 0.2) is 50.5 Å². The highest BCUT2D eigenvalue weighted by atomic mass is 79.9. The molecule has 0 fully saturated rings. The Hall–Kier alpha value is -2.10. The molecule has 2 N–H and O–H groups in total. The molecule has 1 atom stereocenters. The van der Waals surface area contributed by atoms with Crippen molar-refractivity contribution >= 4 is 39.1 Å². The maximum atomic E-state index is 13.6. The number of aliphatic imine (C=N–C) groups is 1. The molecule has 148 valence electrons. The van der Waals surface area contributed by atoms with E-state index in [9.17, 15) is 9.18 Å². The summed E-state index contributed by atoms with van der Waals surface area (Å²) in [6.45, 7) is 4.61. The summed E-state index contributed by atoms with van der Waals surface area (Å²) in [7, 11) is 0. The third kappa shape index (κ3) is 3.87. The van der Waals surface area contributed by atoms with E-state index in [0.717, 1.165) is 5.01 Å². The Morgan fingerprint density at radius 1 is 1.43 bits per heavy atom. The number of carbonyl (C=O) groups excluding carboxylic acids is 1. The van der Waals surface area contributed by atoms with Gasteiger partial charge in [-0.2, -0.15) is 0 Å². The predicted molar refractivity (Wildman–Crippen MR) is 111 cm³/mol. The Bertz CT molecular complexity index is 930. The lowest BCUT2D eigenvalue weighted by atomic mass is 9.94. The molecule has 6 nitrogen and oxygen atoms in total. The van der Waals surface area contributed by atoms with E-state index >= 15 is 0 Å². The molecule has 1 aliphatic rings. The second-order valence-electron chi connectivity index (χ2n) is 5.89. The molecular weight excluding hydrogens is 447 g/mol. The van der Waals surface area contributed by atoms with Crippen molar-refractivity contribution in [1.82, 2.24) is 9.88 Å². The van der Waals surface area contributed by atoms with E-state index in [2.05, 4.69) is 20.9 Å². The van der Waals surface area contributed by atoms with Gasteiger partial charge in [-0.3, -0.25) is 4.99 Å². The molecule has 9 heteroatoms. The lowest BCUT2D eigenvalue weighted by Gasteiger charge is -2.35. The number of halogens is 2. The molecule has 0 amide bonds. The summed E-state index contributed by atoms with van der Waals surface area (Å²) in [6, 6.07) is 3.62. The van der Waals surface area contributed by atoms with E-state index in [0.29, 0.717) is 33.7 Å². The molecule has 2 aromatic rings. The molecule has 0 aliphatic carbocycles. The molecule has 0 bridgehead atoms. The fourth-order valence-electron chi connectivity index (χ4n) is 3.14. The zero-order valence-electron chi connectivity index (χ0n) is 15.5. The van der Waals surface area contributed by atoms with Gasteiger partial charge in [0.2, 0.25) is 0 Å². The summed E-state index contributed by atoms with van der Waals surface area (Å²) in [4.78, 5) is 24.0. The average molecular weight is 467 g/mol. The van der Waals surface area contributed by atoms with E-state index in [1.54, 1.807) is 19.2 Å². The van der Waals surface area contributed by atoms with Gasteiger partial charge in [-0.15, -0.1) is 11.3 Å². The second-order valence-corrected chi connectivity index (χ2v) is 7.64. The molecule has 1 aromatic heterocycles. The first kappa shape index (κ1) is 20.6. The number of rotatable bonds is 6. The highest BCUT2D eigenvalue weighted by Gasteiger charge is 2.36. The molecule has 1 aliphatic heterocycles. The molecule has 0 spiro atoms. The Morgan fingerprint density at radius 2 is 2.21 bits per heavy atom. The largest absolute Gasteiger partial charge is 0.463 e. The first-order valence-electron chi connectivity index (χ1n) is 8.82. The summed E-state index contributed by atoms with van der Waals surface area (Å²) >= 11 is 4.85. The summed E-state index contributed by atoms with van der Waals surface area (Å²) in [5, 5.41) is 2.58. The SMILES string of the molecule is CCOC(=O)C1=C(CN)N(CC)C(c2nccs2)=N[C@H]1c1ccc(F)cc1Br. The van der Waals surface area contributed by atoms with Crippen molar-refractivity contribution < 1.29 is 13.9 Å². The molecule has 0 saturated heterocycles. The van der Waals surface area contributed by atoms with Gasteiger partial charge in [-0.05, 0) is 31.5 Å². The van der Waals surface area contributed by atoms with Crippen LogP contribution < -0.4 is 5.73 Å². The standard InChI is InChI=1S/C19H20BrFN4O2S/c1-3-25-14(10-22)15(19(26)27-4-2)16(12-6-5-11(21)9-13(12)20)24-17(25)18-23-7-8-28-18/h5-9,16H,3-4,10,22H2,1-2H3/t16-/m0/s1. The number of hydrogen-bond donors (Lipinski definition) is 1.